The van der Waals surface area contributed by atoms with Gasteiger partial charge >= 0.3 is 0 Å². The number of nitrogen functional groups attached to an aromatic ring is 1. The largest absolute Gasteiger partial charge is 0.487 e. The predicted octanol–water partition coefficient (Wildman–Crippen LogP) is 3.55. The number of ether oxygens (including phenoxy) is 1. The lowest BCUT2D eigenvalue weighted by atomic mass is 10.1. The van der Waals surface area contributed by atoms with Gasteiger partial charge in [0.15, 0.2) is 5.75 Å². The molecule has 8 heteroatoms. The molecular formula is C13H22Cl4N2O2. The first-order chi connectivity index (χ1) is 8.69. The molecule has 0 amide bonds. The Labute approximate surface area is 148 Å². The molecule has 0 heterocycles. The summed E-state index contributed by atoms with van der Waals surface area (Å²) in [5, 5.41) is 13.8. The third kappa shape index (κ3) is 8.81. The maximum absolute atomic E-state index is 9.81. The van der Waals surface area contributed by atoms with Crippen LogP contribution < -0.4 is 15.8 Å². The lowest BCUT2D eigenvalue weighted by Crippen LogP contribution is -2.42. The Morgan fingerprint density at radius 1 is 1.29 bits per heavy atom. The molecule has 124 valence electrons. The van der Waals surface area contributed by atoms with Crippen molar-refractivity contribution in [3.8, 4) is 5.75 Å². The number of aliphatic hydroxyl groups is 1. The summed E-state index contributed by atoms with van der Waals surface area (Å²) >= 11 is 11.8. The van der Waals surface area contributed by atoms with E-state index in [1.807, 2.05) is 20.8 Å². The van der Waals surface area contributed by atoms with Crippen molar-refractivity contribution in [3.05, 3.63) is 22.2 Å². The number of halogens is 4. The minimum absolute atomic E-state index is 0. The van der Waals surface area contributed by atoms with Crippen LogP contribution in [0.25, 0.3) is 0 Å². The fourth-order valence-electron chi connectivity index (χ4n) is 1.39. The Morgan fingerprint density at radius 2 is 1.86 bits per heavy atom. The van der Waals surface area contributed by atoms with Crippen molar-refractivity contribution in [3.63, 3.8) is 0 Å². The molecule has 0 spiro atoms. The minimum Gasteiger partial charge on any atom is -0.487 e. The molecule has 0 aromatic heterocycles. The molecule has 0 saturated heterocycles. The smallest absolute Gasteiger partial charge is 0.160 e. The van der Waals surface area contributed by atoms with Crippen molar-refractivity contribution in [1.29, 1.82) is 0 Å². The lowest BCUT2D eigenvalue weighted by Gasteiger charge is -2.23. The number of hydrogen-bond donors (Lipinski definition) is 3. The highest BCUT2D eigenvalue weighted by Gasteiger charge is 2.14. The normalized spacial score (nSPS) is 12.1. The van der Waals surface area contributed by atoms with Crippen LogP contribution in [-0.4, -0.2) is 29.9 Å². The van der Waals surface area contributed by atoms with Gasteiger partial charge in [-0.25, -0.2) is 0 Å². The summed E-state index contributed by atoms with van der Waals surface area (Å²) in [6, 6.07) is 3.11. The van der Waals surface area contributed by atoms with E-state index in [2.05, 4.69) is 5.32 Å². The second-order valence-corrected chi connectivity index (χ2v) is 6.25. The lowest BCUT2D eigenvalue weighted by molar-refractivity contribution is 0.100. The van der Waals surface area contributed by atoms with Gasteiger partial charge in [0, 0.05) is 17.1 Å². The van der Waals surface area contributed by atoms with Crippen LogP contribution >= 0.6 is 48.0 Å². The topological polar surface area (TPSA) is 67.5 Å². The zero-order valence-electron chi connectivity index (χ0n) is 12.2. The summed E-state index contributed by atoms with van der Waals surface area (Å²) < 4.78 is 5.44. The molecule has 1 rings (SSSR count). The van der Waals surface area contributed by atoms with Crippen LogP contribution in [0.3, 0.4) is 0 Å². The Kier molecular flexibility index (Phi) is 10.8. The summed E-state index contributed by atoms with van der Waals surface area (Å²) in [6.45, 7) is 6.60. The number of nitrogens with one attached hydrogen (secondary N) is 1. The van der Waals surface area contributed by atoms with Gasteiger partial charge < -0.3 is 20.9 Å². The summed E-state index contributed by atoms with van der Waals surface area (Å²) in [4.78, 5) is 0. The zero-order chi connectivity index (χ0) is 14.6. The second kappa shape index (κ2) is 9.82. The summed E-state index contributed by atoms with van der Waals surface area (Å²) in [5.74, 6) is 0.348. The van der Waals surface area contributed by atoms with Crippen molar-refractivity contribution in [2.45, 2.75) is 32.4 Å². The molecule has 0 saturated carbocycles. The SMILES string of the molecule is CC(C)(C)NCC(O)COc1c(N)cc(Cl)cc1Cl.Cl.Cl. The monoisotopic (exact) mass is 378 g/mol. The number of nitrogens with two attached hydrogens (primary N) is 1. The first-order valence-corrected chi connectivity index (χ1v) is 6.75. The van der Waals surface area contributed by atoms with E-state index in [-0.39, 0.29) is 37.0 Å². The van der Waals surface area contributed by atoms with Crippen LogP contribution in [0.4, 0.5) is 5.69 Å². The number of aliphatic hydroxyl groups excluding tert-OH is 1. The van der Waals surface area contributed by atoms with Crippen molar-refractivity contribution in [1.82, 2.24) is 5.32 Å². The molecule has 0 fully saturated rings. The fraction of sp³-hybridized carbons (Fsp3) is 0.538. The molecule has 0 bridgehead atoms. The van der Waals surface area contributed by atoms with E-state index < -0.39 is 6.10 Å². The number of β-amino-alcohol motifs (C(OH)–C–C–N with tert-alkyl or cyclic N) is 1. The number of hydrogen-bond acceptors (Lipinski definition) is 4. The van der Waals surface area contributed by atoms with Crippen molar-refractivity contribution < 1.29 is 9.84 Å². The van der Waals surface area contributed by atoms with Gasteiger partial charge in [-0.1, -0.05) is 23.2 Å². The highest BCUT2D eigenvalue weighted by atomic mass is 35.5. The molecular weight excluding hydrogens is 358 g/mol. The van der Waals surface area contributed by atoms with Gasteiger partial charge in [0.05, 0.1) is 10.7 Å². The van der Waals surface area contributed by atoms with E-state index in [0.29, 0.717) is 28.0 Å². The first-order valence-electron chi connectivity index (χ1n) is 5.99. The van der Waals surface area contributed by atoms with Gasteiger partial charge in [-0.05, 0) is 32.9 Å². The number of anilines is 1. The van der Waals surface area contributed by atoms with Crippen LogP contribution in [0.2, 0.25) is 10.0 Å². The van der Waals surface area contributed by atoms with Crippen LogP contribution in [0.1, 0.15) is 20.8 Å². The van der Waals surface area contributed by atoms with Crippen LogP contribution in [0.15, 0.2) is 12.1 Å². The van der Waals surface area contributed by atoms with Crippen molar-refractivity contribution >= 4 is 53.7 Å². The molecule has 0 aliphatic carbocycles. The highest BCUT2D eigenvalue weighted by molar-refractivity contribution is 6.36. The third-order valence-electron chi connectivity index (χ3n) is 2.33. The molecule has 0 aliphatic heterocycles. The Morgan fingerprint density at radius 3 is 2.33 bits per heavy atom. The van der Waals surface area contributed by atoms with E-state index in [0.717, 1.165) is 0 Å². The summed E-state index contributed by atoms with van der Waals surface area (Å²) in [7, 11) is 0. The number of rotatable bonds is 5. The predicted molar refractivity (Wildman–Crippen MR) is 94.6 cm³/mol. The van der Waals surface area contributed by atoms with Gasteiger partial charge in [0.25, 0.3) is 0 Å². The Hall–Kier alpha value is -0.100. The molecule has 4 N–H and O–H groups in total. The van der Waals surface area contributed by atoms with Gasteiger partial charge in [-0.2, -0.15) is 0 Å². The third-order valence-corrected chi connectivity index (χ3v) is 2.82. The molecule has 1 atom stereocenters. The number of benzene rings is 1. The average Bonchev–Trinajstić information content (AvgIpc) is 2.23. The zero-order valence-corrected chi connectivity index (χ0v) is 15.3. The van der Waals surface area contributed by atoms with Crippen LogP contribution in [-0.2, 0) is 0 Å². The molecule has 0 aliphatic rings. The van der Waals surface area contributed by atoms with E-state index in [1.165, 1.54) is 0 Å². The first kappa shape index (κ1) is 23.2. The van der Waals surface area contributed by atoms with E-state index in [1.54, 1.807) is 12.1 Å². The molecule has 1 aromatic carbocycles. The van der Waals surface area contributed by atoms with Gasteiger partial charge in [0.1, 0.15) is 12.7 Å². The highest BCUT2D eigenvalue weighted by Crippen LogP contribution is 2.34. The molecule has 0 radical (unpaired) electrons. The van der Waals surface area contributed by atoms with E-state index in [4.69, 9.17) is 33.7 Å². The van der Waals surface area contributed by atoms with E-state index in [9.17, 15) is 5.11 Å². The van der Waals surface area contributed by atoms with Gasteiger partial charge in [-0.3, -0.25) is 0 Å². The van der Waals surface area contributed by atoms with Crippen LogP contribution in [0.5, 0.6) is 5.75 Å². The van der Waals surface area contributed by atoms with Crippen LogP contribution in [0, 0.1) is 0 Å². The minimum atomic E-state index is -0.648. The maximum Gasteiger partial charge on any atom is 0.160 e. The van der Waals surface area contributed by atoms with Crippen molar-refractivity contribution in [2.75, 3.05) is 18.9 Å². The average molecular weight is 380 g/mol. The van der Waals surface area contributed by atoms with Crippen molar-refractivity contribution in [2.24, 2.45) is 0 Å². The Balaban J connectivity index is 0. The molecule has 1 aromatic rings. The maximum atomic E-state index is 9.81. The van der Waals surface area contributed by atoms with E-state index >= 15 is 0 Å². The van der Waals surface area contributed by atoms with Gasteiger partial charge in [0.2, 0.25) is 0 Å². The molecule has 21 heavy (non-hydrogen) atoms. The fourth-order valence-corrected chi connectivity index (χ4v) is 1.96. The standard InChI is InChI=1S/C13H20Cl2N2O2.2ClH/c1-13(2,3)17-6-9(18)7-19-12-10(15)4-8(14)5-11(12)16;;/h4-5,9,17-18H,6-7,16H2,1-3H3;2*1H. The molecule has 1 unspecified atom stereocenters. The second-order valence-electron chi connectivity index (χ2n) is 5.40. The summed E-state index contributed by atoms with van der Waals surface area (Å²) in [5.41, 5.74) is 6.06. The molecule has 4 nitrogen and oxygen atoms in total. The quantitative estimate of drug-likeness (QED) is 0.684. The van der Waals surface area contributed by atoms with Gasteiger partial charge in [-0.15, -0.1) is 24.8 Å². The summed E-state index contributed by atoms with van der Waals surface area (Å²) in [6.07, 6.45) is -0.648. The Bertz CT molecular complexity index is 416.